The topological polar surface area (TPSA) is 74.2 Å². The third-order valence-electron chi connectivity index (χ3n) is 5.26. The second kappa shape index (κ2) is 8.40. The molecule has 0 unspecified atom stereocenters. The zero-order chi connectivity index (χ0) is 21.5. The standard InChI is InChI=1S/C22H27N3O3S2/c1-12(2)8-15-14-10-28-22(3,4)9-13(14)17-18-19(30-20(17)25-15)21(24-11-23-18)29-7-6-16(26)27-5/h11-12H,6-10H2,1-5H3. The maximum absolute atomic E-state index is 11.5. The molecule has 0 aromatic carbocycles. The predicted octanol–water partition coefficient (Wildman–Crippen LogP) is 4.94. The molecular weight excluding hydrogens is 418 g/mol. The molecule has 8 heteroatoms. The monoisotopic (exact) mass is 445 g/mol. The van der Waals surface area contributed by atoms with Gasteiger partial charge in [-0.2, -0.15) is 0 Å². The molecule has 6 nitrogen and oxygen atoms in total. The summed E-state index contributed by atoms with van der Waals surface area (Å²) in [6.45, 7) is 9.32. The summed E-state index contributed by atoms with van der Waals surface area (Å²) in [6, 6.07) is 0. The van der Waals surface area contributed by atoms with Gasteiger partial charge < -0.3 is 9.47 Å². The highest BCUT2D eigenvalue weighted by Crippen LogP contribution is 2.43. The van der Waals surface area contributed by atoms with E-state index in [4.69, 9.17) is 14.5 Å². The van der Waals surface area contributed by atoms with Crippen LogP contribution in [0.5, 0.6) is 0 Å². The Morgan fingerprint density at radius 1 is 1.33 bits per heavy atom. The largest absolute Gasteiger partial charge is 0.469 e. The Morgan fingerprint density at radius 3 is 2.87 bits per heavy atom. The van der Waals surface area contributed by atoms with Crippen LogP contribution in [0.25, 0.3) is 20.4 Å². The third kappa shape index (κ3) is 4.18. The summed E-state index contributed by atoms with van der Waals surface area (Å²) in [5.74, 6) is 0.936. The van der Waals surface area contributed by atoms with E-state index in [2.05, 4.69) is 37.7 Å². The molecule has 1 aliphatic rings. The number of esters is 1. The van der Waals surface area contributed by atoms with E-state index in [0.717, 1.165) is 44.0 Å². The first-order valence-electron chi connectivity index (χ1n) is 10.2. The summed E-state index contributed by atoms with van der Waals surface area (Å²) in [5, 5.41) is 2.04. The van der Waals surface area contributed by atoms with Crippen LogP contribution in [-0.2, 0) is 33.7 Å². The summed E-state index contributed by atoms with van der Waals surface area (Å²) in [4.78, 5) is 26.7. The van der Waals surface area contributed by atoms with Gasteiger partial charge in [0.05, 0.1) is 36.0 Å². The fraction of sp³-hybridized carbons (Fsp3) is 0.545. The highest BCUT2D eigenvalue weighted by Gasteiger charge is 2.31. The molecule has 4 rings (SSSR count). The number of pyridine rings is 1. The molecule has 0 bridgehead atoms. The minimum absolute atomic E-state index is 0.208. The van der Waals surface area contributed by atoms with Crippen molar-refractivity contribution in [3.8, 4) is 0 Å². The van der Waals surface area contributed by atoms with Crippen LogP contribution >= 0.6 is 23.1 Å². The van der Waals surface area contributed by atoms with Gasteiger partial charge >= 0.3 is 5.97 Å². The molecule has 4 heterocycles. The van der Waals surface area contributed by atoms with E-state index in [1.54, 1.807) is 29.4 Å². The number of rotatable bonds is 6. The van der Waals surface area contributed by atoms with E-state index in [1.165, 1.54) is 18.2 Å². The van der Waals surface area contributed by atoms with E-state index in [9.17, 15) is 4.79 Å². The maximum Gasteiger partial charge on any atom is 0.306 e. The number of hydrogen-bond acceptors (Lipinski definition) is 8. The van der Waals surface area contributed by atoms with Gasteiger partial charge in [-0.25, -0.2) is 15.0 Å². The van der Waals surface area contributed by atoms with Gasteiger partial charge in [0.1, 0.15) is 16.2 Å². The lowest BCUT2D eigenvalue weighted by Gasteiger charge is -2.33. The van der Waals surface area contributed by atoms with E-state index in [1.807, 2.05) is 0 Å². The lowest BCUT2D eigenvalue weighted by Crippen LogP contribution is -2.33. The molecule has 0 saturated heterocycles. The third-order valence-corrected chi connectivity index (χ3v) is 7.46. The average Bonchev–Trinajstić information content (AvgIpc) is 3.06. The molecule has 0 atom stereocenters. The minimum atomic E-state index is -0.213. The van der Waals surface area contributed by atoms with Gasteiger partial charge in [-0.05, 0) is 31.7 Å². The first kappa shape index (κ1) is 21.5. The van der Waals surface area contributed by atoms with Gasteiger partial charge in [0, 0.05) is 28.8 Å². The van der Waals surface area contributed by atoms with Gasteiger partial charge in [-0.1, -0.05) is 13.8 Å². The molecular formula is C22H27N3O3S2. The van der Waals surface area contributed by atoms with Gasteiger partial charge in [0.15, 0.2) is 0 Å². The Morgan fingerprint density at radius 2 is 2.13 bits per heavy atom. The zero-order valence-electron chi connectivity index (χ0n) is 18.1. The number of methoxy groups -OCH3 is 1. The van der Waals surface area contributed by atoms with Crippen molar-refractivity contribution in [3.63, 3.8) is 0 Å². The molecule has 3 aromatic rings. The van der Waals surface area contributed by atoms with Crippen molar-refractivity contribution in [2.24, 2.45) is 5.92 Å². The van der Waals surface area contributed by atoms with Crippen molar-refractivity contribution in [2.75, 3.05) is 12.9 Å². The lowest BCUT2D eigenvalue weighted by molar-refractivity contribution is -0.140. The fourth-order valence-corrected chi connectivity index (χ4v) is 6.02. The van der Waals surface area contributed by atoms with E-state index >= 15 is 0 Å². The van der Waals surface area contributed by atoms with Crippen LogP contribution in [0.1, 0.15) is 50.9 Å². The molecule has 0 fully saturated rings. The summed E-state index contributed by atoms with van der Waals surface area (Å²) in [7, 11) is 1.41. The number of thiophene rings is 1. The van der Waals surface area contributed by atoms with Gasteiger partial charge in [0.2, 0.25) is 0 Å². The molecule has 0 radical (unpaired) electrons. The number of carbonyl (C=O) groups excluding carboxylic acids is 1. The number of hydrogen-bond donors (Lipinski definition) is 0. The van der Waals surface area contributed by atoms with Crippen molar-refractivity contribution >= 4 is 49.5 Å². The molecule has 0 N–H and O–H groups in total. The fourth-order valence-electron chi connectivity index (χ4n) is 3.84. The molecule has 1 aliphatic heterocycles. The Kier molecular flexibility index (Phi) is 6.01. The smallest absolute Gasteiger partial charge is 0.306 e. The van der Waals surface area contributed by atoms with Crippen LogP contribution < -0.4 is 0 Å². The van der Waals surface area contributed by atoms with E-state index in [-0.39, 0.29) is 11.6 Å². The molecule has 160 valence electrons. The number of carbonyl (C=O) groups is 1. The van der Waals surface area contributed by atoms with Crippen molar-refractivity contribution in [2.45, 2.75) is 64.2 Å². The Bertz CT molecular complexity index is 1110. The van der Waals surface area contributed by atoms with Crippen molar-refractivity contribution in [1.29, 1.82) is 0 Å². The highest BCUT2D eigenvalue weighted by molar-refractivity contribution is 7.99. The molecule has 0 aliphatic carbocycles. The predicted molar refractivity (Wildman–Crippen MR) is 121 cm³/mol. The number of ether oxygens (including phenoxy) is 2. The van der Waals surface area contributed by atoms with Gasteiger partial charge in [-0.15, -0.1) is 23.1 Å². The maximum atomic E-state index is 11.5. The van der Waals surface area contributed by atoms with Gasteiger partial charge in [0.25, 0.3) is 0 Å². The summed E-state index contributed by atoms with van der Waals surface area (Å²) < 4.78 is 11.9. The Hall–Kier alpha value is -1.77. The number of fused-ring (bicyclic) bond motifs is 5. The first-order valence-corrected chi connectivity index (χ1v) is 12.0. The van der Waals surface area contributed by atoms with Crippen LogP contribution in [0.3, 0.4) is 0 Å². The summed E-state index contributed by atoms with van der Waals surface area (Å²) in [6.07, 6.45) is 3.75. The quantitative estimate of drug-likeness (QED) is 0.302. The minimum Gasteiger partial charge on any atom is -0.469 e. The molecule has 30 heavy (non-hydrogen) atoms. The Labute approximate surface area is 184 Å². The Balaban J connectivity index is 1.85. The van der Waals surface area contributed by atoms with Crippen LogP contribution in [0, 0.1) is 5.92 Å². The molecule has 0 amide bonds. The van der Waals surface area contributed by atoms with Crippen LogP contribution in [0.15, 0.2) is 11.4 Å². The van der Waals surface area contributed by atoms with Crippen molar-refractivity contribution in [1.82, 2.24) is 15.0 Å². The van der Waals surface area contributed by atoms with Crippen molar-refractivity contribution in [3.05, 3.63) is 23.1 Å². The molecule has 3 aromatic heterocycles. The lowest BCUT2D eigenvalue weighted by atomic mass is 9.88. The van der Waals surface area contributed by atoms with Crippen LogP contribution in [0.2, 0.25) is 0 Å². The second-order valence-corrected chi connectivity index (χ2v) is 10.7. The highest BCUT2D eigenvalue weighted by atomic mass is 32.2. The molecule has 0 saturated carbocycles. The van der Waals surface area contributed by atoms with Crippen molar-refractivity contribution < 1.29 is 14.3 Å². The number of thioether (sulfide) groups is 1. The number of nitrogens with zero attached hydrogens (tertiary/aromatic N) is 3. The van der Waals surface area contributed by atoms with Crippen LogP contribution in [-0.4, -0.2) is 39.4 Å². The van der Waals surface area contributed by atoms with Gasteiger partial charge in [-0.3, -0.25) is 4.79 Å². The van der Waals surface area contributed by atoms with E-state index < -0.39 is 0 Å². The zero-order valence-corrected chi connectivity index (χ0v) is 19.7. The number of aromatic nitrogens is 3. The average molecular weight is 446 g/mol. The molecule has 0 spiro atoms. The SMILES string of the molecule is COC(=O)CCSc1ncnc2c1sc1nc(CC(C)C)c3c(c12)CC(C)(C)OC3. The summed E-state index contributed by atoms with van der Waals surface area (Å²) >= 11 is 3.22. The van der Waals surface area contributed by atoms with Crippen LogP contribution in [0.4, 0.5) is 0 Å². The van der Waals surface area contributed by atoms with E-state index in [0.29, 0.717) is 24.7 Å². The summed E-state index contributed by atoms with van der Waals surface area (Å²) in [5.41, 5.74) is 4.44. The first-order chi connectivity index (χ1) is 14.3. The normalized spacial score (nSPS) is 15.7. The second-order valence-electron chi connectivity index (χ2n) is 8.65.